The Hall–Kier alpha value is -1.55. The molecule has 104 valence electrons. The van der Waals surface area contributed by atoms with E-state index < -0.39 is 0 Å². The quantitative estimate of drug-likeness (QED) is 0.839. The first kappa shape index (κ1) is 13.9. The molecule has 1 heterocycles. The molecule has 0 fully saturated rings. The van der Waals surface area contributed by atoms with E-state index in [9.17, 15) is 4.79 Å². The monoisotopic (exact) mass is 262 g/mol. The van der Waals surface area contributed by atoms with Gasteiger partial charge in [-0.15, -0.1) is 0 Å². The summed E-state index contributed by atoms with van der Waals surface area (Å²) in [5.41, 5.74) is 8.44. The van der Waals surface area contributed by atoms with Crippen molar-refractivity contribution in [2.75, 3.05) is 18.1 Å². The van der Waals surface area contributed by atoms with Crippen LogP contribution in [0.5, 0.6) is 0 Å². The molecule has 0 saturated heterocycles. The average molecular weight is 262 g/mol. The number of fused-ring (bicyclic) bond motifs is 1. The van der Waals surface area contributed by atoms with Gasteiger partial charge in [0.1, 0.15) is 6.04 Å². The van der Waals surface area contributed by atoms with Gasteiger partial charge in [-0.1, -0.05) is 25.1 Å². The van der Waals surface area contributed by atoms with Crippen LogP contribution in [-0.4, -0.2) is 31.2 Å². The highest BCUT2D eigenvalue weighted by molar-refractivity contribution is 5.81. The molecule has 2 unspecified atom stereocenters. The molecule has 2 N–H and O–H groups in total. The topological polar surface area (TPSA) is 55.6 Å². The molecule has 0 aromatic heterocycles. The third kappa shape index (κ3) is 2.89. The lowest BCUT2D eigenvalue weighted by Gasteiger charge is -2.38. The first-order valence-electron chi connectivity index (χ1n) is 6.94. The summed E-state index contributed by atoms with van der Waals surface area (Å²) in [4.78, 5) is 14.2. The lowest BCUT2D eigenvalue weighted by Crippen LogP contribution is -2.51. The predicted molar refractivity (Wildman–Crippen MR) is 76.2 cm³/mol. The van der Waals surface area contributed by atoms with E-state index in [2.05, 4.69) is 17.0 Å². The number of nitrogens with zero attached hydrogens (tertiary/aromatic N) is 1. The minimum Gasteiger partial charge on any atom is -0.464 e. The Morgan fingerprint density at radius 3 is 2.89 bits per heavy atom. The van der Waals surface area contributed by atoms with E-state index in [-0.39, 0.29) is 18.1 Å². The Kier molecular flexibility index (Phi) is 4.43. The van der Waals surface area contributed by atoms with E-state index >= 15 is 0 Å². The first-order chi connectivity index (χ1) is 9.17. The van der Waals surface area contributed by atoms with Crippen LogP contribution in [0.1, 0.15) is 25.8 Å². The maximum Gasteiger partial charge on any atom is 0.328 e. The number of nitrogens with two attached hydrogens (primary N) is 1. The Morgan fingerprint density at radius 2 is 2.21 bits per heavy atom. The minimum absolute atomic E-state index is 0.0679. The number of anilines is 1. The highest BCUT2D eigenvalue weighted by Gasteiger charge is 2.31. The standard InChI is InChI=1S/C15H22N2O2/c1-3-13(15(18)19-4-2)17-10-12(16)9-11-7-5-6-8-14(11)17/h5-8,12-13H,3-4,9-10,16H2,1-2H3. The summed E-state index contributed by atoms with van der Waals surface area (Å²) in [6.45, 7) is 4.95. The number of esters is 1. The summed E-state index contributed by atoms with van der Waals surface area (Å²) in [7, 11) is 0. The normalized spacial score (nSPS) is 19.7. The van der Waals surface area contributed by atoms with E-state index in [0.717, 1.165) is 18.5 Å². The molecule has 0 bridgehead atoms. The predicted octanol–water partition coefficient (Wildman–Crippen LogP) is 1.72. The van der Waals surface area contributed by atoms with Crippen molar-refractivity contribution in [3.8, 4) is 0 Å². The van der Waals surface area contributed by atoms with Gasteiger partial charge in [-0.25, -0.2) is 4.79 Å². The van der Waals surface area contributed by atoms with Crippen molar-refractivity contribution < 1.29 is 9.53 Å². The molecule has 1 aliphatic rings. The number of carbonyl (C=O) groups excluding carboxylic acids is 1. The van der Waals surface area contributed by atoms with E-state index in [4.69, 9.17) is 10.5 Å². The van der Waals surface area contributed by atoms with Crippen LogP contribution in [0.15, 0.2) is 24.3 Å². The Balaban J connectivity index is 2.30. The van der Waals surface area contributed by atoms with E-state index in [1.807, 2.05) is 26.0 Å². The van der Waals surface area contributed by atoms with Crippen molar-refractivity contribution in [1.82, 2.24) is 0 Å². The van der Waals surface area contributed by atoms with Crippen molar-refractivity contribution in [2.45, 2.75) is 38.8 Å². The van der Waals surface area contributed by atoms with Crippen LogP contribution in [0.2, 0.25) is 0 Å². The van der Waals surface area contributed by atoms with Gasteiger partial charge in [0.05, 0.1) is 6.61 Å². The van der Waals surface area contributed by atoms with Crippen molar-refractivity contribution in [3.63, 3.8) is 0 Å². The fraction of sp³-hybridized carbons (Fsp3) is 0.533. The average Bonchev–Trinajstić information content (AvgIpc) is 2.39. The van der Waals surface area contributed by atoms with Gasteiger partial charge in [0.15, 0.2) is 0 Å². The second-order valence-corrected chi connectivity index (χ2v) is 4.92. The molecule has 4 heteroatoms. The minimum atomic E-state index is -0.243. The molecule has 1 aliphatic heterocycles. The second-order valence-electron chi connectivity index (χ2n) is 4.92. The number of rotatable bonds is 4. The highest BCUT2D eigenvalue weighted by Crippen LogP contribution is 2.29. The Labute approximate surface area is 114 Å². The molecule has 0 radical (unpaired) electrons. The molecule has 4 nitrogen and oxygen atoms in total. The summed E-state index contributed by atoms with van der Waals surface area (Å²) < 4.78 is 5.18. The number of benzene rings is 1. The summed E-state index contributed by atoms with van der Waals surface area (Å²) in [5.74, 6) is -0.158. The highest BCUT2D eigenvalue weighted by atomic mass is 16.5. The van der Waals surface area contributed by atoms with Gasteiger partial charge in [-0.2, -0.15) is 0 Å². The molecule has 0 aliphatic carbocycles. The summed E-state index contributed by atoms with van der Waals surface area (Å²) in [5, 5.41) is 0. The van der Waals surface area contributed by atoms with Crippen LogP contribution in [0, 0.1) is 0 Å². The van der Waals surface area contributed by atoms with Crippen LogP contribution < -0.4 is 10.6 Å². The zero-order valence-electron chi connectivity index (χ0n) is 11.6. The number of hydrogen-bond acceptors (Lipinski definition) is 4. The second kappa shape index (κ2) is 6.06. The number of ether oxygens (including phenoxy) is 1. The smallest absolute Gasteiger partial charge is 0.328 e. The number of hydrogen-bond donors (Lipinski definition) is 1. The maximum absolute atomic E-state index is 12.1. The molecular formula is C15H22N2O2. The van der Waals surface area contributed by atoms with Crippen molar-refractivity contribution in [2.24, 2.45) is 5.73 Å². The van der Waals surface area contributed by atoms with Gasteiger partial charge in [-0.3, -0.25) is 0 Å². The van der Waals surface area contributed by atoms with Crippen LogP contribution in [-0.2, 0) is 16.0 Å². The zero-order chi connectivity index (χ0) is 13.8. The Morgan fingerprint density at radius 1 is 1.47 bits per heavy atom. The largest absolute Gasteiger partial charge is 0.464 e. The van der Waals surface area contributed by atoms with E-state index in [1.165, 1.54) is 5.56 Å². The third-order valence-electron chi connectivity index (χ3n) is 3.54. The van der Waals surface area contributed by atoms with E-state index in [1.54, 1.807) is 0 Å². The van der Waals surface area contributed by atoms with Crippen molar-refractivity contribution in [1.29, 1.82) is 0 Å². The lowest BCUT2D eigenvalue weighted by molar-refractivity contribution is -0.144. The zero-order valence-corrected chi connectivity index (χ0v) is 11.6. The Bertz CT molecular complexity index is 448. The fourth-order valence-corrected chi connectivity index (χ4v) is 2.71. The SMILES string of the molecule is CCOC(=O)C(CC)N1CC(N)Cc2ccccc21. The van der Waals surface area contributed by atoms with Crippen molar-refractivity contribution >= 4 is 11.7 Å². The molecule has 1 aromatic carbocycles. The summed E-state index contributed by atoms with van der Waals surface area (Å²) in [6, 6.07) is 7.98. The number of carbonyl (C=O) groups is 1. The van der Waals surface area contributed by atoms with E-state index in [0.29, 0.717) is 13.2 Å². The number of para-hydroxylation sites is 1. The molecule has 19 heavy (non-hydrogen) atoms. The maximum atomic E-state index is 12.1. The molecule has 0 saturated carbocycles. The molecule has 1 aromatic rings. The van der Waals surface area contributed by atoms with Gasteiger partial charge in [0.25, 0.3) is 0 Å². The van der Waals surface area contributed by atoms with Crippen LogP contribution in [0.4, 0.5) is 5.69 Å². The van der Waals surface area contributed by atoms with Gasteiger partial charge in [0.2, 0.25) is 0 Å². The van der Waals surface area contributed by atoms with Gasteiger partial charge in [-0.05, 0) is 31.4 Å². The molecule has 0 amide bonds. The lowest BCUT2D eigenvalue weighted by atomic mass is 9.96. The van der Waals surface area contributed by atoms with Gasteiger partial charge >= 0.3 is 5.97 Å². The van der Waals surface area contributed by atoms with Crippen LogP contribution in [0.25, 0.3) is 0 Å². The van der Waals surface area contributed by atoms with Gasteiger partial charge < -0.3 is 15.4 Å². The molecule has 2 atom stereocenters. The summed E-state index contributed by atoms with van der Waals surface area (Å²) >= 11 is 0. The van der Waals surface area contributed by atoms with Crippen LogP contribution in [0.3, 0.4) is 0 Å². The van der Waals surface area contributed by atoms with Crippen LogP contribution >= 0.6 is 0 Å². The fourth-order valence-electron chi connectivity index (χ4n) is 2.71. The summed E-state index contributed by atoms with van der Waals surface area (Å²) in [6.07, 6.45) is 1.59. The molecular weight excluding hydrogens is 240 g/mol. The molecule has 2 rings (SSSR count). The molecule has 0 spiro atoms. The van der Waals surface area contributed by atoms with Crippen molar-refractivity contribution in [3.05, 3.63) is 29.8 Å². The third-order valence-corrected chi connectivity index (χ3v) is 3.54. The van der Waals surface area contributed by atoms with Gasteiger partial charge in [0, 0.05) is 18.3 Å². The first-order valence-corrected chi connectivity index (χ1v) is 6.94.